The molecule has 88 valence electrons. The normalized spacial score (nSPS) is 26.0. The highest BCUT2D eigenvalue weighted by atomic mass is 15.0. The summed E-state index contributed by atoms with van der Waals surface area (Å²) in [4.78, 5) is 0. The molecule has 0 bridgehead atoms. The van der Waals surface area contributed by atoms with Crippen molar-refractivity contribution in [1.82, 2.24) is 5.32 Å². The van der Waals surface area contributed by atoms with Gasteiger partial charge in [-0.15, -0.1) is 0 Å². The molecule has 2 fully saturated rings. The molecular formula is C14H27N. The third-order valence-corrected chi connectivity index (χ3v) is 4.56. The van der Waals surface area contributed by atoms with Crippen molar-refractivity contribution in [2.45, 2.75) is 83.2 Å². The summed E-state index contributed by atoms with van der Waals surface area (Å²) in [6, 6.07) is 0.814. The average molecular weight is 209 g/mol. The summed E-state index contributed by atoms with van der Waals surface area (Å²) in [5.41, 5.74) is 0.387. The molecule has 1 heteroatoms. The van der Waals surface area contributed by atoms with Crippen molar-refractivity contribution >= 4 is 0 Å². The third kappa shape index (κ3) is 2.96. The topological polar surface area (TPSA) is 12.0 Å². The zero-order valence-corrected chi connectivity index (χ0v) is 10.5. The lowest BCUT2D eigenvalue weighted by atomic mass is 9.83. The van der Waals surface area contributed by atoms with E-state index in [4.69, 9.17) is 0 Å². The SMILES string of the molecule is CC(C)(NC1CCCCC1)C1CCCC1. The highest BCUT2D eigenvalue weighted by Crippen LogP contribution is 2.34. The van der Waals surface area contributed by atoms with Gasteiger partial charge >= 0.3 is 0 Å². The molecule has 2 aliphatic carbocycles. The van der Waals surface area contributed by atoms with E-state index in [0.717, 1.165) is 12.0 Å². The van der Waals surface area contributed by atoms with Gasteiger partial charge in [-0.3, -0.25) is 0 Å². The summed E-state index contributed by atoms with van der Waals surface area (Å²) in [5, 5.41) is 3.94. The van der Waals surface area contributed by atoms with E-state index in [1.165, 1.54) is 57.8 Å². The van der Waals surface area contributed by atoms with E-state index in [0.29, 0.717) is 5.54 Å². The number of rotatable bonds is 3. The number of hydrogen-bond donors (Lipinski definition) is 1. The van der Waals surface area contributed by atoms with Crippen molar-refractivity contribution in [3.8, 4) is 0 Å². The van der Waals surface area contributed by atoms with Crippen LogP contribution in [0.15, 0.2) is 0 Å². The minimum atomic E-state index is 0.387. The average Bonchev–Trinajstić information content (AvgIpc) is 2.71. The Labute approximate surface area is 95.0 Å². The number of hydrogen-bond acceptors (Lipinski definition) is 1. The second kappa shape index (κ2) is 4.86. The fourth-order valence-electron chi connectivity index (χ4n) is 3.54. The van der Waals surface area contributed by atoms with Crippen molar-refractivity contribution in [1.29, 1.82) is 0 Å². The molecule has 1 N–H and O–H groups in total. The van der Waals surface area contributed by atoms with Crippen LogP contribution in [0.2, 0.25) is 0 Å². The Kier molecular flexibility index (Phi) is 3.71. The second-order valence-electron chi connectivity index (χ2n) is 6.18. The van der Waals surface area contributed by atoms with Crippen molar-refractivity contribution < 1.29 is 0 Å². The molecule has 0 atom stereocenters. The second-order valence-corrected chi connectivity index (χ2v) is 6.18. The maximum Gasteiger partial charge on any atom is 0.0155 e. The van der Waals surface area contributed by atoms with E-state index < -0.39 is 0 Å². The molecule has 0 aromatic carbocycles. The van der Waals surface area contributed by atoms with E-state index >= 15 is 0 Å². The highest BCUT2D eigenvalue weighted by molar-refractivity contribution is 4.91. The van der Waals surface area contributed by atoms with Gasteiger partial charge in [0, 0.05) is 11.6 Å². The summed E-state index contributed by atoms with van der Waals surface area (Å²) in [5.74, 6) is 0.930. The molecule has 0 unspecified atom stereocenters. The summed E-state index contributed by atoms with van der Waals surface area (Å²) >= 11 is 0. The fraction of sp³-hybridized carbons (Fsp3) is 1.00. The van der Waals surface area contributed by atoms with Gasteiger partial charge in [0.1, 0.15) is 0 Å². The molecule has 0 radical (unpaired) electrons. The Bertz CT molecular complexity index is 186. The first-order valence-corrected chi connectivity index (χ1v) is 6.96. The van der Waals surface area contributed by atoms with E-state index in [2.05, 4.69) is 19.2 Å². The molecule has 2 saturated carbocycles. The van der Waals surface area contributed by atoms with Crippen LogP contribution < -0.4 is 5.32 Å². The highest BCUT2D eigenvalue weighted by Gasteiger charge is 2.33. The van der Waals surface area contributed by atoms with Gasteiger partial charge in [0.2, 0.25) is 0 Å². The molecule has 1 nitrogen and oxygen atoms in total. The third-order valence-electron chi connectivity index (χ3n) is 4.56. The zero-order valence-electron chi connectivity index (χ0n) is 10.5. The van der Waals surface area contributed by atoms with Crippen LogP contribution in [0.3, 0.4) is 0 Å². The molecular weight excluding hydrogens is 182 g/mol. The summed E-state index contributed by atoms with van der Waals surface area (Å²) in [7, 11) is 0. The summed E-state index contributed by atoms with van der Waals surface area (Å²) < 4.78 is 0. The van der Waals surface area contributed by atoms with Crippen LogP contribution in [0.4, 0.5) is 0 Å². The fourth-order valence-corrected chi connectivity index (χ4v) is 3.54. The molecule has 0 saturated heterocycles. The molecule has 2 aliphatic rings. The molecule has 0 aromatic heterocycles. The van der Waals surface area contributed by atoms with Crippen molar-refractivity contribution in [3.05, 3.63) is 0 Å². The van der Waals surface area contributed by atoms with Gasteiger partial charge in [0.25, 0.3) is 0 Å². The van der Waals surface area contributed by atoms with Gasteiger partial charge < -0.3 is 5.32 Å². The van der Waals surface area contributed by atoms with E-state index in [1.807, 2.05) is 0 Å². The minimum Gasteiger partial charge on any atom is -0.309 e. The molecule has 0 heterocycles. The monoisotopic (exact) mass is 209 g/mol. The molecule has 0 amide bonds. The van der Waals surface area contributed by atoms with E-state index in [9.17, 15) is 0 Å². The molecule has 0 aliphatic heterocycles. The maximum absolute atomic E-state index is 3.94. The first-order chi connectivity index (χ1) is 7.18. The van der Waals surface area contributed by atoms with Crippen LogP contribution in [0, 0.1) is 5.92 Å². The van der Waals surface area contributed by atoms with Crippen LogP contribution in [-0.2, 0) is 0 Å². The van der Waals surface area contributed by atoms with Crippen LogP contribution >= 0.6 is 0 Å². The zero-order chi connectivity index (χ0) is 10.7. The molecule has 2 rings (SSSR count). The number of nitrogens with one attached hydrogen (secondary N) is 1. The van der Waals surface area contributed by atoms with Gasteiger partial charge in [-0.25, -0.2) is 0 Å². The van der Waals surface area contributed by atoms with E-state index in [-0.39, 0.29) is 0 Å². The Morgan fingerprint density at radius 1 is 0.800 bits per heavy atom. The molecule has 0 aromatic rings. The predicted octanol–water partition coefficient (Wildman–Crippen LogP) is 3.88. The predicted molar refractivity (Wildman–Crippen MR) is 66.0 cm³/mol. The van der Waals surface area contributed by atoms with E-state index in [1.54, 1.807) is 0 Å². The quantitative estimate of drug-likeness (QED) is 0.744. The Morgan fingerprint density at radius 3 is 1.93 bits per heavy atom. The van der Waals surface area contributed by atoms with Gasteiger partial charge in [-0.1, -0.05) is 32.1 Å². The summed E-state index contributed by atoms with van der Waals surface area (Å²) in [6.07, 6.45) is 13.0. The smallest absolute Gasteiger partial charge is 0.0155 e. The minimum absolute atomic E-state index is 0.387. The lowest BCUT2D eigenvalue weighted by Crippen LogP contribution is -2.50. The molecule has 0 spiro atoms. The molecule has 15 heavy (non-hydrogen) atoms. The van der Waals surface area contributed by atoms with Crippen LogP contribution in [-0.4, -0.2) is 11.6 Å². The van der Waals surface area contributed by atoms with Crippen molar-refractivity contribution in [2.75, 3.05) is 0 Å². The van der Waals surface area contributed by atoms with Crippen LogP contribution in [0.5, 0.6) is 0 Å². The maximum atomic E-state index is 3.94. The standard InChI is InChI=1S/C14H27N/c1-14(2,12-8-6-7-9-12)15-13-10-4-3-5-11-13/h12-13,15H,3-11H2,1-2H3. The first-order valence-electron chi connectivity index (χ1n) is 6.96. The summed E-state index contributed by atoms with van der Waals surface area (Å²) in [6.45, 7) is 4.86. The Hall–Kier alpha value is -0.0400. The van der Waals surface area contributed by atoms with Crippen LogP contribution in [0.25, 0.3) is 0 Å². The van der Waals surface area contributed by atoms with Crippen molar-refractivity contribution in [3.63, 3.8) is 0 Å². The van der Waals surface area contributed by atoms with Gasteiger partial charge in [0.15, 0.2) is 0 Å². The largest absolute Gasteiger partial charge is 0.309 e. The first kappa shape index (κ1) is 11.4. The lowest BCUT2D eigenvalue weighted by molar-refractivity contribution is 0.205. The van der Waals surface area contributed by atoms with Gasteiger partial charge in [-0.05, 0) is 45.4 Å². The lowest BCUT2D eigenvalue weighted by Gasteiger charge is -2.38. The van der Waals surface area contributed by atoms with Gasteiger partial charge in [0.05, 0.1) is 0 Å². The Balaban J connectivity index is 1.84. The van der Waals surface area contributed by atoms with Gasteiger partial charge in [-0.2, -0.15) is 0 Å². The Morgan fingerprint density at radius 2 is 1.33 bits per heavy atom. The van der Waals surface area contributed by atoms with Crippen LogP contribution in [0.1, 0.15) is 71.6 Å². The van der Waals surface area contributed by atoms with Crippen molar-refractivity contribution in [2.24, 2.45) is 5.92 Å².